The van der Waals surface area contributed by atoms with E-state index >= 15 is 0 Å². The standard InChI is InChI=1S/C24H21ClN2OS/c25-21-12-16(24(28)27-10-4-1-5-11-27)8-9-18(21)17-13-23(29-15-17)20-14-26-22-7-3-2-6-19(20)22/h2-3,6-9,12-15,26H,1,4-5,10-11H2. The maximum absolute atomic E-state index is 12.7. The van der Waals surface area contributed by atoms with Gasteiger partial charge < -0.3 is 9.88 Å². The maximum Gasteiger partial charge on any atom is 0.253 e. The fourth-order valence-electron chi connectivity index (χ4n) is 4.06. The van der Waals surface area contributed by atoms with E-state index in [0.717, 1.165) is 42.6 Å². The lowest BCUT2D eigenvalue weighted by Gasteiger charge is -2.26. The van der Waals surface area contributed by atoms with Gasteiger partial charge in [0.25, 0.3) is 5.91 Å². The zero-order valence-electron chi connectivity index (χ0n) is 16.0. The van der Waals surface area contributed by atoms with E-state index in [0.29, 0.717) is 10.6 Å². The first-order valence-electron chi connectivity index (χ1n) is 9.95. The number of rotatable bonds is 3. The molecule has 0 atom stereocenters. The van der Waals surface area contributed by atoms with E-state index in [1.165, 1.54) is 22.2 Å². The van der Waals surface area contributed by atoms with Crippen LogP contribution in [0.5, 0.6) is 0 Å². The number of thiophene rings is 1. The molecule has 1 aliphatic rings. The van der Waals surface area contributed by atoms with Gasteiger partial charge in [-0.1, -0.05) is 35.9 Å². The first-order valence-corrected chi connectivity index (χ1v) is 11.2. The number of hydrogen-bond donors (Lipinski definition) is 1. The van der Waals surface area contributed by atoms with Crippen LogP contribution < -0.4 is 0 Å². The number of amides is 1. The van der Waals surface area contributed by atoms with Gasteiger partial charge in [0.1, 0.15) is 0 Å². The van der Waals surface area contributed by atoms with Crippen LogP contribution >= 0.6 is 22.9 Å². The van der Waals surface area contributed by atoms with Gasteiger partial charge in [-0.25, -0.2) is 0 Å². The summed E-state index contributed by atoms with van der Waals surface area (Å²) in [6.07, 6.45) is 5.44. The van der Waals surface area contributed by atoms with Crippen LogP contribution in [0.15, 0.2) is 60.1 Å². The van der Waals surface area contributed by atoms with Crippen molar-refractivity contribution in [2.45, 2.75) is 19.3 Å². The second-order valence-electron chi connectivity index (χ2n) is 7.50. The van der Waals surface area contributed by atoms with E-state index in [2.05, 4.69) is 40.8 Å². The summed E-state index contributed by atoms with van der Waals surface area (Å²) < 4.78 is 0. The number of piperidine rings is 1. The molecule has 0 aliphatic carbocycles. The number of aromatic nitrogens is 1. The van der Waals surface area contributed by atoms with Gasteiger partial charge in [-0.3, -0.25) is 4.79 Å². The normalized spacial score (nSPS) is 14.4. The van der Waals surface area contributed by atoms with Crippen molar-refractivity contribution >= 4 is 39.7 Å². The van der Waals surface area contributed by atoms with Crippen LogP contribution in [0.2, 0.25) is 5.02 Å². The van der Waals surface area contributed by atoms with E-state index in [4.69, 9.17) is 11.6 Å². The molecule has 1 N–H and O–H groups in total. The van der Waals surface area contributed by atoms with Crippen molar-refractivity contribution < 1.29 is 4.79 Å². The van der Waals surface area contributed by atoms with Gasteiger partial charge in [0.05, 0.1) is 0 Å². The van der Waals surface area contributed by atoms with Crippen LogP contribution in [0.1, 0.15) is 29.6 Å². The molecule has 3 nitrogen and oxygen atoms in total. The van der Waals surface area contributed by atoms with Crippen molar-refractivity contribution in [2.75, 3.05) is 13.1 Å². The molecule has 1 saturated heterocycles. The van der Waals surface area contributed by atoms with Gasteiger partial charge in [-0.2, -0.15) is 0 Å². The Morgan fingerprint density at radius 3 is 2.66 bits per heavy atom. The fourth-order valence-corrected chi connectivity index (χ4v) is 5.29. The molecule has 4 aromatic rings. The number of para-hydroxylation sites is 1. The highest BCUT2D eigenvalue weighted by molar-refractivity contribution is 7.14. The number of carbonyl (C=O) groups excluding carboxylic acids is 1. The zero-order chi connectivity index (χ0) is 19.8. The highest BCUT2D eigenvalue weighted by Crippen LogP contribution is 2.38. The summed E-state index contributed by atoms with van der Waals surface area (Å²) in [6, 6.07) is 16.2. The molecule has 1 amide bonds. The molecule has 0 unspecified atom stereocenters. The third kappa shape index (κ3) is 3.47. The van der Waals surface area contributed by atoms with E-state index in [-0.39, 0.29) is 5.91 Å². The first kappa shape index (κ1) is 18.5. The summed E-state index contributed by atoms with van der Waals surface area (Å²) in [6.45, 7) is 1.69. The van der Waals surface area contributed by atoms with Gasteiger partial charge in [0.15, 0.2) is 0 Å². The number of halogens is 1. The molecule has 0 bridgehead atoms. The predicted molar refractivity (Wildman–Crippen MR) is 122 cm³/mol. The van der Waals surface area contributed by atoms with Crippen molar-refractivity contribution in [3.8, 4) is 21.6 Å². The second kappa shape index (κ2) is 7.69. The average Bonchev–Trinajstić information content (AvgIpc) is 3.41. The smallest absolute Gasteiger partial charge is 0.253 e. The summed E-state index contributed by atoms with van der Waals surface area (Å²) >= 11 is 8.31. The van der Waals surface area contributed by atoms with Gasteiger partial charge in [0, 0.05) is 56.8 Å². The third-order valence-electron chi connectivity index (χ3n) is 5.62. The number of hydrogen-bond acceptors (Lipinski definition) is 2. The Bertz CT molecular complexity index is 1190. The molecular formula is C24H21ClN2OS. The number of benzene rings is 2. The van der Waals surface area contributed by atoms with Crippen molar-refractivity contribution in [3.63, 3.8) is 0 Å². The molecule has 1 aliphatic heterocycles. The van der Waals surface area contributed by atoms with E-state index in [1.54, 1.807) is 11.3 Å². The molecule has 29 heavy (non-hydrogen) atoms. The van der Waals surface area contributed by atoms with E-state index < -0.39 is 0 Å². The molecule has 5 heteroatoms. The second-order valence-corrected chi connectivity index (χ2v) is 8.81. The Hall–Kier alpha value is -2.56. The summed E-state index contributed by atoms with van der Waals surface area (Å²) in [5.74, 6) is 0.0861. The molecule has 2 aromatic heterocycles. The minimum atomic E-state index is 0.0861. The van der Waals surface area contributed by atoms with Crippen LogP contribution in [-0.4, -0.2) is 28.9 Å². The van der Waals surface area contributed by atoms with Gasteiger partial charge in [0.2, 0.25) is 0 Å². The lowest BCUT2D eigenvalue weighted by Crippen LogP contribution is -2.35. The maximum atomic E-state index is 12.7. The average molecular weight is 421 g/mol. The molecule has 146 valence electrons. The summed E-state index contributed by atoms with van der Waals surface area (Å²) in [4.78, 5) is 19.2. The summed E-state index contributed by atoms with van der Waals surface area (Å²) in [5, 5.41) is 3.97. The van der Waals surface area contributed by atoms with Crippen LogP contribution in [0.25, 0.3) is 32.5 Å². The summed E-state index contributed by atoms with van der Waals surface area (Å²) in [5.41, 5.74) is 5.05. The van der Waals surface area contributed by atoms with Gasteiger partial charge in [-0.05, 0) is 54.5 Å². The Kier molecular flexibility index (Phi) is 4.90. The minimum absolute atomic E-state index is 0.0861. The largest absolute Gasteiger partial charge is 0.361 e. The lowest BCUT2D eigenvalue weighted by molar-refractivity contribution is 0.0724. The number of carbonyl (C=O) groups is 1. The first-order chi connectivity index (χ1) is 14.2. The molecule has 5 rings (SSSR count). The number of aromatic amines is 1. The molecular weight excluding hydrogens is 400 g/mol. The molecule has 1 fully saturated rings. The van der Waals surface area contributed by atoms with Gasteiger partial charge in [-0.15, -0.1) is 11.3 Å². The number of likely N-dealkylation sites (tertiary alicyclic amines) is 1. The van der Waals surface area contributed by atoms with Crippen molar-refractivity contribution in [1.29, 1.82) is 0 Å². The monoisotopic (exact) mass is 420 g/mol. The van der Waals surface area contributed by atoms with E-state index in [1.807, 2.05) is 29.2 Å². The number of fused-ring (bicyclic) bond motifs is 1. The molecule has 3 heterocycles. The van der Waals surface area contributed by atoms with Crippen molar-refractivity contribution in [3.05, 3.63) is 70.7 Å². The SMILES string of the molecule is O=C(c1ccc(-c2csc(-c3c[nH]c4ccccc34)c2)c(Cl)c1)N1CCCCC1. The molecule has 0 spiro atoms. The van der Waals surface area contributed by atoms with Crippen LogP contribution in [-0.2, 0) is 0 Å². The number of nitrogens with one attached hydrogen (secondary N) is 1. The third-order valence-corrected chi connectivity index (χ3v) is 6.90. The Morgan fingerprint density at radius 1 is 1.00 bits per heavy atom. The number of nitrogens with zero attached hydrogens (tertiary/aromatic N) is 1. The Balaban J connectivity index is 1.44. The Labute approximate surface area is 178 Å². The Morgan fingerprint density at radius 2 is 1.83 bits per heavy atom. The zero-order valence-corrected chi connectivity index (χ0v) is 17.5. The minimum Gasteiger partial charge on any atom is -0.361 e. The quantitative estimate of drug-likeness (QED) is 0.386. The fraction of sp³-hybridized carbons (Fsp3) is 0.208. The predicted octanol–water partition coefficient (Wildman–Crippen LogP) is 6.84. The van der Waals surface area contributed by atoms with Crippen LogP contribution in [0, 0.1) is 0 Å². The highest BCUT2D eigenvalue weighted by atomic mass is 35.5. The highest BCUT2D eigenvalue weighted by Gasteiger charge is 2.19. The van der Waals surface area contributed by atoms with Crippen molar-refractivity contribution in [1.82, 2.24) is 9.88 Å². The van der Waals surface area contributed by atoms with Crippen LogP contribution in [0.4, 0.5) is 0 Å². The van der Waals surface area contributed by atoms with Gasteiger partial charge >= 0.3 is 0 Å². The lowest BCUT2D eigenvalue weighted by atomic mass is 10.0. The topological polar surface area (TPSA) is 36.1 Å². The number of H-pyrrole nitrogens is 1. The van der Waals surface area contributed by atoms with Crippen LogP contribution in [0.3, 0.4) is 0 Å². The van der Waals surface area contributed by atoms with Crippen molar-refractivity contribution in [2.24, 2.45) is 0 Å². The molecule has 0 radical (unpaired) electrons. The molecule has 0 saturated carbocycles. The van der Waals surface area contributed by atoms with E-state index in [9.17, 15) is 4.79 Å². The molecule has 2 aromatic carbocycles. The summed E-state index contributed by atoms with van der Waals surface area (Å²) in [7, 11) is 0.